The van der Waals surface area contributed by atoms with Gasteiger partial charge in [-0.3, -0.25) is 4.40 Å². The normalized spacial score (nSPS) is 18.5. The number of piperidine rings is 1. The third-order valence-corrected chi connectivity index (χ3v) is 6.22. The van der Waals surface area contributed by atoms with Crippen molar-refractivity contribution in [2.75, 3.05) is 13.1 Å². The highest BCUT2D eigenvalue weighted by atomic mass is 32.2. The third kappa shape index (κ3) is 3.16. The quantitative estimate of drug-likeness (QED) is 0.859. The number of carboxylic acid groups (broad SMARTS) is 1. The number of rotatable bonds is 4. The lowest BCUT2D eigenvalue weighted by atomic mass is 10.1. The number of carbonyl (C=O) groups is 1. The van der Waals surface area contributed by atoms with Gasteiger partial charge in [0.2, 0.25) is 5.78 Å². The van der Waals surface area contributed by atoms with E-state index in [1.54, 1.807) is 13.8 Å². The summed E-state index contributed by atoms with van der Waals surface area (Å²) in [5.41, 5.74) is -0.0447. The zero-order valence-corrected chi connectivity index (χ0v) is 15.0. The number of fused-ring (bicyclic) bond motifs is 1. The fourth-order valence-electron chi connectivity index (χ4n) is 2.85. The van der Waals surface area contributed by atoms with Gasteiger partial charge in [-0.1, -0.05) is 13.8 Å². The van der Waals surface area contributed by atoms with Crippen molar-refractivity contribution in [1.82, 2.24) is 18.7 Å². The molecule has 1 saturated heterocycles. The van der Waals surface area contributed by atoms with Crippen LogP contribution in [0.2, 0.25) is 0 Å². The third-order valence-electron chi connectivity index (χ3n) is 4.28. The van der Waals surface area contributed by atoms with E-state index in [4.69, 9.17) is 5.11 Å². The minimum absolute atomic E-state index is 0.0606. The largest absolute Gasteiger partial charge is 0.477 e. The first kappa shape index (κ1) is 18.6. The summed E-state index contributed by atoms with van der Waals surface area (Å²) >= 11 is 0. The summed E-state index contributed by atoms with van der Waals surface area (Å²) in [6.45, 7) is 2.90. The van der Waals surface area contributed by atoms with E-state index in [0.29, 0.717) is 0 Å². The van der Waals surface area contributed by atoms with E-state index in [1.165, 1.54) is 16.7 Å². The Balaban J connectivity index is 2.13. The molecular formula is C15H18F2N4O4S. The fraction of sp³-hybridized carbons (Fsp3) is 0.533. The maximum Gasteiger partial charge on any atom is 0.354 e. The van der Waals surface area contributed by atoms with E-state index < -0.39 is 34.8 Å². The first-order chi connectivity index (χ1) is 12.0. The van der Waals surface area contributed by atoms with Gasteiger partial charge in [-0.2, -0.15) is 4.31 Å². The van der Waals surface area contributed by atoms with Crippen molar-refractivity contribution in [3.8, 4) is 0 Å². The number of alkyl halides is 2. The average molecular weight is 388 g/mol. The van der Waals surface area contributed by atoms with Gasteiger partial charge >= 0.3 is 5.97 Å². The van der Waals surface area contributed by atoms with E-state index in [9.17, 15) is 22.0 Å². The summed E-state index contributed by atoms with van der Waals surface area (Å²) in [7, 11) is -4.09. The van der Waals surface area contributed by atoms with Crippen LogP contribution in [0.25, 0.3) is 5.78 Å². The van der Waals surface area contributed by atoms with Crippen LogP contribution in [0.5, 0.6) is 0 Å². The Morgan fingerprint density at radius 2 is 1.88 bits per heavy atom. The molecule has 0 radical (unpaired) electrons. The molecule has 0 bridgehead atoms. The van der Waals surface area contributed by atoms with Crippen LogP contribution in [0.15, 0.2) is 17.3 Å². The number of aromatic nitrogens is 3. The lowest BCUT2D eigenvalue weighted by Crippen LogP contribution is -2.43. The standard InChI is InChI=1S/C15H18F2N4O4S/c1-9(2)11-12(21-6-3-10(13(22)23)18-14(21)19-11)26(24,25)20-7-4-15(16,17)5-8-20/h3,6,9H,4-5,7-8H2,1-2H3,(H,22,23). The molecule has 0 unspecified atom stereocenters. The van der Waals surface area contributed by atoms with E-state index in [-0.39, 0.29) is 41.2 Å². The molecule has 1 aliphatic rings. The van der Waals surface area contributed by atoms with Gasteiger partial charge in [0.05, 0.1) is 5.69 Å². The molecule has 11 heteroatoms. The summed E-state index contributed by atoms with van der Waals surface area (Å²) in [5, 5.41) is 8.89. The molecular weight excluding hydrogens is 370 g/mol. The smallest absolute Gasteiger partial charge is 0.354 e. The van der Waals surface area contributed by atoms with Crippen molar-refractivity contribution in [2.24, 2.45) is 0 Å². The minimum Gasteiger partial charge on any atom is -0.477 e. The fourth-order valence-corrected chi connectivity index (χ4v) is 4.70. The number of aromatic carboxylic acids is 1. The highest BCUT2D eigenvalue weighted by Crippen LogP contribution is 2.33. The van der Waals surface area contributed by atoms with Crippen molar-refractivity contribution in [3.63, 3.8) is 0 Å². The first-order valence-corrected chi connectivity index (χ1v) is 9.47. The number of sulfonamides is 1. The van der Waals surface area contributed by atoms with Crippen LogP contribution in [-0.2, 0) is 10.0 Å². The maximum absolute atomic E-state index is 13.4. The highest BCUT2D eigenvalue weighted by molar-refractivity contribution is 7.89. The second kappa shape index (κ2) is 6.23. The van der Waals surface area contributed by atoms with Crippen LogP contribution in [0.4, 0.5) is 8.78 Å². The van der Waals surface area contributed by atoms with E-state index in [2.05, 4.69) is 9.97 Å². The molecule has 26 heavy (non-hydrogen) atoms. The van der Waals surface area contributed by atoms with Crippen molar-refractivity contribution in [1.29, 1.82) is 0 Å². The van der Waals surface area contributed by atoms with Crippen molar-refractivity contribution >= 4 is 21.8 Å². The number of imidazole rings is 1. The molecule has 1 fully saturated rings. The first-order valence-electron chi connectivity index (χ1n) is 8.03. The molecule has 0 atom stereocenters. The number of halogens is 2. The molecule has 3 heterocycles. The van der Waals surface area contributed by atoms with Crippen molar-refractivity contribution < 1.29 is 27.1 Å². The predicted octanol–water partition coefficient (Wildman–Crippen LogP) is 1.97. The molecule has 0 saturated carbocycles. The summed E-state index contributed by atoms with van der Waals surface area (Å²) in [4.78, 5) is 19.1. The van der Waals surface area contributed by atoms with Gasteiger partial charge in [0.15, 0.2) is 10.7 Å². The minimum atomic E-state index is -4.09. The lowest BCUT2D eigenvalue weighted by molar-refractivity contribution is -0.0412. The Hall–Kier alpha value is -2.14. The molecule has 142 valence electrons. The zero-order chi connectivity index (χ0) is 19.3. The maximum atomic E-state index is 13.4. The Bertz CT molecular complexity index is 961. The van der Waals surface area contributed by atoms with E-state index in [0.717, 1.165) is 4.31 Å². The predicted molar refractivity (Wildman–Crippen MR) is 87.0 cm³/mol. The van der Waals surface area contributed by atoms with Crippen LogP contribution in [0.1, 0.15) is 48.8 Å². The molecule has 0 aliphatic carbocycles. The van der Waals surface area contributed by atoms with Gasteiger partial charge < -0.3 is 5.11 Å². The molecule has 8 nitrogen and oxygen atoms in total. The molecule has 0 spiro atoms. The monoisotopic (exact) mass is 388 g/mol. The van der Waals surface area contributed by atoms with Crippen molar-refractivity contribution in [2.45, 2.75) is 43.6 Å². The molecule has 2 aromatic heterocycles. The number of carboxylic acids is 1. The number of nitrogens with zero attached hydrogens (tertiary/aromatic N) is 4. The number of hydrogen-bond acceptors (Lipinski definition) is 5. The SMILES string of the molecule is CC(C)c1nc2nc(C(=O)O)ccn2c1S(=O)(=O)N1CCC(F)(F)CC1. The molecule has 1 aliphatic heterocycles. The van der Waals surface area contributed by atoms with Gasteiger partial charge in [-0.25, -0.2) is 32.0 Å². The second-order valence-electron chi connectivity index (χ2n) is 6.50. The molecule has 1 N–H and O–H groups in total. The molecule has 3 rings (SSSR count). The Labute approximate surface area is 148 Å². The topological polar surface area (TPSA) is 105 Å². The Kier molecular flexibility index (Phi) is 4.47. The Morgan fingerprint density at radius 3 is 2.42 bits per heavy atom. The van der Waals surface area contributed by atoms with Gasteiger partial charge in [-0.15, -0.1) is 0 Å². The highest BCUT2D eigenvalue weighted by Gasteiger charge is 2.41. The van der Waals surface area contributed by atoms with Crippen LogP contribution in [0, 0.1) is 0 Å². The second-order valence-corrected chi connectivity index (χ2v) is 8.36. The summed E-state index contributed by atoms with van der Waals surface area (Å²) in [5.74, 6) is -4.48. The Morgan fingerprint density at radius 1 is 1.27 bits per heavy atom. The van der Waals surface area contributed by atoms with Gasteiger partial charge in [-0.05, 0) is 12.0 Å². The van der Waals surface area contributed by atoms with Crippen LogP contribution in [-0.4, -0.2) is 57.2 Å². The summed E-state index contributed by atoms with van der Waals surface area (Å²) < 4.78 is 55.2. The van der Waals surface area contributed by atoms with Crippen LogP contribution >= 0.6 is 0 Å². The molecule has 2 aromatic rings. The lowest BCUT2D eigenvalue weighted by Gasteiger charge is -2.31. The van der Waals surface area contributed by atoms with Crippen LogP contribution in [0.3, 0.4) is 0 Å². The van der Waals surface area contributed by atoms with Crippen molar-refractivity contribution in [3.05, 3.63) is 23.7 Å². The zero-order valence-electron chi connectivity index (χ0n) is 14.2. The number of hydrogen-bond donors (Lipinski definition) is 1. The van der Waals surface area contributed by atoms with Gasteiger partial charge in [0.25, 0.3) is 15.9 Å². The molecule has 0 amide bonds. The molecule has 0 aromatic carbocycles. The average Bonchev–Trinajstić information content (AvgIpc) is 2.93. The van der Waals surface area contributed by atoms with E-state index in [1.807, 2.05) is 0 Å². The van der Waals surface area contributed by atoms with Gasteiger partial charge in [0, 0.05) is 32.1 Å². The summed E-state index contributed by atoms with van der Waals surface area (Å²) in [6.07, 6.45) is 0.193. The van der Waals surface area contributed by atoms with E-state index >= 15 is 0 Å². The van der Waals surface area contributed by atoms with Gasteiger partial charge in [0.1, 0.15) is 0 Å². The summed E-state index contributed by atoms with van der Waals surface area (Å²) in [6, 6.07) is 1.17. The van der Waals surface area contributed by atoms with Crippen LogP contribution < -0.4 is 0 Å².